The minimum absolute atomic E-state index is 0.0368. The fourth-order valence-electron chi connectivity index (χ4n) is 3.97. The number of aromatic nitrogens is 1. The summed E-state index contributed by atoms with van der Waals surface area (Å²) in [5, 5.41) is 10.3. The van der Waals surface area contributed by atoms with Crippen LogP contribution in [0.25, 0.3) is 10.9 Å². The van der Waals surface area contributed by atoms with Crippen LogP contribution in [0.15, 0.2) is 76.5 Å². The topological polar surface area (TPSA) is 76.4 Å². The summed E-state index contributed by atoms with van der Waals surface area (Å²) in [7, 11) is -3.74. The molecule has 0 aliphatic carbocycles. The second-order valence-electron chi connectivity index (χ2n) is 7.84. The molecule has 0 radical (unpaired) electrons. The highest BCUT2D eigenvalue weighted by Gasteiger charge is 2.19. The molecule has 0 saturated heterocycles. The van der Waals surface area contributed by atoms with Crippen molar-refractivity contribution in [1.29, 1.82) is 0 Å². The highest BCUT2D eigenvalue weighted by Crippen LogP contribution is 2.30. The first-order valence-electron chi connectivity index (χ1n) is 10.1. The summed E-state index contributed by atoms with van der Waals surface area (Å²) in [4.78, 5) is 11.5. The number of hydrogen-bond acceptors (Lipinski definition) is 3. The second kappa shape index (κ2) is 8.24. The number of benzene rings is 3. The van der Waals surface area contributed by atoms with E-state index in [-0.39, 0.29) is 16.3 Å². The number of rotatable bonds is 6. The molecule has 1 N–H and O–H groups in total. The summed E-state index contributed by atoms with van der Waals surface area (Å²) in [5.74, 6) is -1.40. The first-order valence-corrected chi connectivity index (χ1v) is 11.5. The van der Waals surface area contributed by atoms with Gasteiger partial charge >= 0.3 is 5.97 Å². The van der Waals surface area contributed by atoms with Crippen LogP contribution < -0.4 is 0 Å². The maximum atomic E-state index is 13.1. The maximum Gasteiger partial charge on any atom is 0.323 e. The normalized spacial score (nSPS) is 11.7. The minimum atomic E-state index is -3.74. The molecule has 3 aromatic carbocycles. The molecule has 0 atom stereocenters. The van der Waals surface area contributed by atoms with E-state index in [1.807, 2.05) is 32.0 Å². The number of fused-ring (bicyclic) bond motifs is 1. The molecule has 7 heteroatoms. The Morgan fingerprint density at radius 3 is 2.12 bits per heavy atom. The zero-order valence-corrected chi connectivity index (χ0v) is 18.5. The van der Waals surface area contributed by atoms with Crippen molar-refractivity contribution in [3.63, 3.8) is 0 Å². The molecule has 1 heterocycles. The number of sulfone groups is 1. The third-order valence-electron chi connectivity index (χ3n) is 5.64. The molecular weight excluding hydrogens is 429 g/mol. The number of carboxylic acid groups (broad SMARTS) is 1. The Labute approximate surface area is 185 Å². The molecule has 0 fully saturated rings. The number of aryl methyl sites for hydroxylation is 1. The average Bonchev–Trinajstić information content (AvgIpc) is 2.99. The lowest BCUT2D eigenvalue weighted by Gasteiger charge is -2.08. The van der Waals surface area contributed by atoms with Gasteiger partial charge in [-0.25, -0.2) is 12.8 Å². The molecule has 0 spiro atoms. The predicted octanol–water partition coefficient (Wildman–Crippen LogP) is 4.91. The maximum absolute atomic E-state index is 13.1. The minimum Gasteiger partial charge on any atom is -0.480 e. The van der Waals surface area contributed by atoms with Crippen LogP contribution in [0.4, 0.5) is 4.39 Å². The lowest BCUT2D eigenvalue weighted by Crippen LogP contribution is -2.10. The van der Waals surface area contributed by atoms with E-state index in [0.29, 0.717) is 6.42 Å². The van der Waals surface area contributed by atoms with Crippen molar-refractivity contribution in [3.8, 4) is 0 Å². The van der Waals surface area contributed by atoms with Gasteiger partial charge in [-0.15, -0.1) is 0 Å². The molecule has 4 rings (SSSR count). The Kier molecular flexibility index (Phi) is 5.60. The van der Waals surface area contributed by atoms with Crippen LogP contribution in [0.1, 0.15) is 22.4 Å². The third-order valence-corrected chi connectivity index (χ3v) is 7.43. The van der Waals surface area contributed by atoms with E-state index in [0.717, 1.165) is 45.4 Å². The lowest BCUT2D eigenvalue weighted by molar-refractivity contribution is -0.137. The fraction of sp³-hybridized carbons (Fsp3) is 0.160. The van der Waals surface area contributed by atoms with Gasteiger partial charge in [0.1, 0.15) is 12.4 Å². The van der Waals surface area contributed by atoms with E-state index in [2.05, 4.69) is 0 Å². The Hall–Kier alpha value is -3.45. The first-order chi connectivity index (χ1) is 15.2. The van der Waals surface area contributed by atoms with Crippen LogP contribution >= 0.6 is 0 Å². The van der Waals surface area contributed by atoms with Crippen molar-refractivity contribution in [3.05, 3.63) is 94.9 Å². The number of nitrogens with zero attached hydrogens (tertiary/aromatic N) is 1. The Balaban J connectivity index is 1.70. The van der Waals surface area contributed by atoms with Gasteiger partial charge in [0.25, 0.3) is 0 Å². The van der Waals surface area contributed by atoms with Crippen molar-refractivity contribution >= 4 is 26.7 Å². The Morgan fingerprint density at radius 2 is 1.53 bits per heavy atom. The highest BCUT2D eigenvalue weighted by molar-refractivity contribution is 7.91. The number of halogens is 1. The number of aliphatic carboxylic acids is 1. The van der Waals surface area contributed by atoms with Gasteiger partial charge < -0.3 is 9.67 Å². The van der Waals surface area contributed by atoms with Gasteiger partial charge in [0, 0.05) is 16.6 Å². The SMILES string of the molecule is Cc1ccc2c(c1)c(Cc1ccc(S(=O)(=O)c3ccc(F)cc3)cc1)c(C)n2CC(=O)O. The third kappa shape index (κ3) is 4.03. The van der Waals surface area contributed by atoms with Crippen LogP contribution in [-0.4, -0.2) is 24.1 Å². The number of carboxylic acids is 1. The molecule has 5 nitrogen and oxygen atoms in total. The van der Waals surface area contributed by atoms with Crippen molar-refractivity contribution in [1.82, 2.24) is 4.57 Å². The standard InChI is InChI=1S/C25H22FNO4S/c1-16-3-12-24-23(13-16)22(17(2)27(24)15-25(28)29)14-18-4-8-20(9-5-18)32(30,31)21-10-6-19(26)7-11-21/h3-13H,14-15H2,1-2H3,(H,28,29). The van der Waals surface area contributed by atoms with E-state index < -0.39 is 21.6 Å². The van der Waals surface area contributed by atoms with Crippen molar-refractivity contribution in [2.24, 2.45) is 0 Å². The molecule has 32 heavy (non-hydrogen) atoms. The summed E-state index contributed by atoms with van der Waals surface area (Å²) >= 11 is 0. The van der Waals surface area contributed by atoms with E-state index in [1.165, 1.54) is 12.1 Å². The molecule has 0 bridgehead atoms. The number of carbonyl (C=O) groups is 1. The van der Waals surface area contributed by atoms with Gasteiger partial charge in [-0.3, -0.25) is 4.79 Å². The molecule has 1 aromatic heterocycles. The number of hydrogen-bond donors (Lipinski definition) is 1. The van der Waals surface area contributed by atoms with Crippen molar-refractivity contribution < 1.29 is 22.7 Å². The van der Waals surface area contributed by atoms with Crippen LogP contribution in [0, 0.1) is 19.7 Å². The van der Waals surface area contributed by atoms with Crippen molar-refractivity contribution in [2.75, 3.05) is 0 Å². The fourth-order valence-corrected chi connectivity index (χ4v) is 5.23. The van der Waals surface area contributed by atoms with Gasteiger partial charge in [0.2, 0.25) is 9.84 Å². The summed E-state index contributed by atoms with van der Waals surface area (Å²) in [5.41, 5.74) is 4.73. The van der Waals surface area contributed by atoms with Gasteiger partial charge in [-0.2, -0.15) is 0 Å². The highest BCUT2D eigenvalue weighted by atomic mass is 32.2. The molecule has 0 unspecified atom stereocenters. The Bertz CT molecular complexity index is 1420. The van der Waals surface area contributed by atoms with Crippen molar-refractivity contribution in [2.45, 2.75) is 36.6 Å². The zero-order valence-electron chi connectivity index (χ0n) is 17.7. The molecule has 0 aliphatic heterocycles. The molecule has 4 aromatic rings. The Morgan fingerprint density at radius 1 is 0.938 bits per heavy atom. The van der Waals surface area contributed by atoms with Gasteiger partial charge in [0.05, 0.1) is 9.79 Å². The molecule has 0 saturated carbocycles. The summed E-state index contributed by atoms with van der Waals surface area (Å²) in [6.45, 7) is 3.77. The molecule has 164 valence electrons. The van der Waals surface area contributed by atoms with Crippen LogP contribution in [-0.2, 0) is 27.6 Å². The van der Waals surface area contributed by atoms with E-state index in [1.54, 1.807) is 28.8 Å². The van der Waals surface area contributed by atoms with E-state index in [9.17, 15) is 22.7 Å². The summed E-state index contributed by atoms with van der Waals surface area (Å²) in [6.07, 6.45) is 0.537. The van der Waals surface area contributed by atoms with Gasteiger partial charge in [-0.05, 0) is 79.9 Å². The predicted molar refractivity (Wildman–Crippen MR) is 120 cm³/mol. The molecule has 0 amide bonds. The summed E-state index contributed by atoms with van der Waals surface area (Å²) < 4.78 is 40.6. The summed E-state index contributed by atoms with van der Waals surface area (Å²) in [6, 6.07) is 17.3. The first kappa shape index (κ1) is 21.8. The largest absolute Gasteiger partial charge is 0.480 e. The molecular formula is C25H22FNO4S. The second-order valence-corrected chi connectivity index (χ2v) is 9.79. The monoisotopic (exact) mass is 451 g/mol. The quantitative estimate of drug-likeness (QED) is 0.423. The smallest absolute Gasteiger partial charge is 0.323 e. The van der Waals surface area contributed by atoms with Gasteiger partial charge in [0.15, 0.2) is 0 Å². The van der Waals surface area contributed by atoms with Crippen LogP contribution in [0.2, 0.25) is 0 Å². The molecule has 0 aliphatic rings. The van der Waals surface area contributed by atoms with Crippen LogP contribution in [0.3, 0.4) is 0 Å². The average molecular weight is 452 g/mol. The van der Waals surface area contributed by atoms with Gasteiger partial charge in [-0.1, -0.05) is 23.8 Å². The lowest BCUT2D eigenvalue weighted by atomic mass is 10.0. The van der Waals surface area contributed by atoms with E-state index >= 15 is 0 Å². The zero-order chi connectivity index (χ0) is 23.0. The van der Waals surface area contributed by atoms with Crippen LogP contribution in [0.5, 0.6) is 0 Å². The van der Waals surface area contributed by atoms with E-state index in [4.69, 9.17) is 0 Å².